The normalized spacial score (nSPS) is 16.7. The van der Waals surface area contributed by atoms with Crippen molar-refractivity contribution in [3.8, 4) is 0 Å². The van der Waals surface area contributed by atoms with Gasteiger partial charge in [-0.05, 0) is 12.8 Å². The van der Waals surface area contributed by atoms with Gasteiger partial charge in [0.1, 0.15) is 6.10 Å². The molecule has 1 aromatic rings. The number of anilines is 1. The van der Waals surface area contributed by atoms with Crippen LogP contribution in [0.4, 0.5) is 5.13 Å². The number of nitrogens with two attached hydrogens (primary N) is 1. The molecular weight excluding hydrogens is 204 g/mol. The molecule has 0 aliphatic heterocycles. The Morgan fingerprint density at radius 1 is 1.71 bits per heavy atom. The minimum absolute atomic E-state index is 0.0878. The second-order valence-corrected chi connectivity index (χ2v) is 3.64. The summed E-state index contributed by atoms with van der Waals surface area (Å²) in [6, 6.07) is 0. The zero-order valence-corrected chi connectivity index (χ0v) is 8.03. The summed E-state index contributed by atoms with van der Waals surface area (Å²) in [5.74, 6) is 0.225. The van der Waals surface area contributed by atoms with Gasteiger partial charge in [-0.25, -0.2) is 0 Å². The first-order chi connectivity index (χ1) is 6.79. The molecule has 0 radical (unpaired) electrons. The predicted molar refractivity (Wildman–Crippen MR) is 51.0 cm³/mol. The molecule has 14 heavy (non-hydrogen) atoms. The molecule has 74 valence electrons. The molecule has 6 nitrogen and oxygen atoms in total. The second kappa shape index (κ2) is 3.70. The van der Waals surface area contributed by atoms with E-state index in [4.69, 9.17) is 10.6 Å². The zero-order valence-electron chi connectivity index (χ0n) is 7.21. The van der Waals surface area contributed by atoms with Gasteiger partial charge in [-0.2, -0.15) is 9.36 Å². The van der Waals surface area contributed by atoms with Crippen molar-refractivity contribution in [1.82, 2.24) is 9.36 Å². The molecule has 2 N–H and O–H groups in total. The van der Waals surface area contributed by atoms with E-state index in [9.17, 15) is 4.79 Å². The maximum absolute atomic E-state index is 10.6. The van der Waals surface area contributed by atoms with Gasteiger partial charge in [-0.3, -0.25) is 4.79 Å². The van der Waals surface area contributed by atoms with Gasteiger partial charge in [0.05, 0.1) is 0 Å². The summed E-state index contributed by atoms with van der Waals surface area (Å²) in [5, 5.41) is 3.97. The standard InChI is InChI=1S/C7H8N4O2S/c8-7-9-6(11-14-7)5(3-12)10-13-4-1-2-4/h3-4H,1-2H2,(H2,8,9,11)/b10-5-. The van der Waals surface area contributed by atoms with E-state index in [1.165, 1.54) is 0 Å². The smallest absolute Gasteiger partial charge is 0.200 e. The Morgan fingerprint density at radius 2 is 2.50 bits per heavy atom. The van der Waals surface area contributed by atoms with Gasteiger partial charge in [0.15, 0.2) is 23.0 Å². The molecule has 0 atom stereocenters. The van der Waals surface area contributed by atoms with Crippen LogP contribution in [0.5, 0.6) is 0 Å². The lowest BCUT2D eigenvalue weighted by Crippen LogP contribution is -2.06. The monoisotopic (exact) mass is 212 g/mol. The van der Waals surface area contributed by atoms with Crippen LogP contribution in [0.3, 0.4) is 0 Å². The summed E-state index contributed by atoms with van der Waals surface area (Å²) < 4.78 is 3.85. The minimum atomic E-state index is 0.0878. The van der Waals surface area contributed by atoms with Crippen molar-refractivity contribution >= 4 is 28.7 Å². The molecule has 2 rings (SSSR count). The topological polar surface area (TPSA) is 90.5 Å². The van der Waals surface area contributed by atoms with E-state index in [2.05, 4.69) is 14.5 Å². The average Bonchev–Trinajstić information content (AvgIpc) is 2.90. The quantitative estimate of drug-likeness (QED) is 0.437. The van der Waals surface area contributed by atoms with Gasteiger partial charge in [0, 0.05) is 11.5 Å². The van der Waals surface area contributed by atoms with E-state index in [0.29, 0.717) is 11.4 Å². The molecule has 1 aromatic heterocycles. The summed E-state index contributed by atoms with van der Waals surface area (Å²) in [6.07, 6.45) is 2.69. The second-order valence-electron chi connectivity index (χ2n) is 2.86. The molecule has 1 aliphatic carbocycles. The van der Waals surface area contributed by atoms with E-state index < -0.39 is 0 Å². The van der Waals surface area contributed by atoms with Gasteiger partial charge in [-0.1, -0.05) is 5.16 Å². The third-order valence-corrected chi connectivity index (χ3v) is 2.15. The third kappa shape index (κ3) is 2.05. The molecule has 0 spiro atoms. The Bertz CT molecular complexity index is 372. The van der Waals surface area contributed by atoms with Crippen molar-refractivity contribution in [3.63, 3.8) is 0 Å². The van der Waals surface area contributed by atoms with Gasteiger partial charge in [-0.15, -0.1) is 0 Å². The van der Waals surface area contributed by atoms with Crippen molar-refractivity contribution < 1.29 is 9.63 Å². The average molecular weight is 212 g/mol. The molecule has 7 heteroatoms. The number of aldehydes is 1. The molecule has 0 aromatic carbocycles. The lowest BCUT2D eigenvalue weighted by Gasteiger charge is -1.94. The fourth-order valence-electron chi connectivity index (χ4n) is 0.759. The SMILES string of the molecule is Nc1nc(/C(C=O)=N\OC2CC2)ns1. The molecule has 0 bridgehead atoms. The Morgan fingerprint density at radius 3 is 3.00 bits per heavy atom. The number of carbonyl (C=O) groups excluding carboxylic acids is 1. The summed E-state index contributed by atoms with van der Waals surface area (Å²) in [6.45, 7) is 0. The van der Waals surface area contributed by atoms with E-state index in [1.807, 2.05) is 0 Å². The number of oxime groups is 1. The van der Waals surface area contributed by atoms with E-state index >= 15 is 0 Å². The van der Waals surface area contributed by atoms with Gasteiger partial charge < -0.3 is 10.6 Å². The van der Waals surface area contributed by atoms with Gasteiger partial charge in [0.2, 0.25) is 0 Å². The van der Waals surface area contributed by atoms with Crippen molar-refractivity contribution in [3.05, 3.63) is 5.82 Å². The van der Waals surface area contributed by atoms with E-state index in [-0.39, 0.29) is 17.6 Å². The molecule has 0 saturated heterocycles. The Kier molecular flexibility index (Phi) is 2.40. The maximum atomic E-state index is 10.6. The third-order valence-electron chi connectivity index (χ3n) is 1.61. The Labute approximate surface area is 83.9 Å². The van der Waals surface area contributed by atoms with Crippen molar-refractivity contribution in [2.75, 3.05) is 5.73 Å². The van der Waals surface area contributed by atoms with Crippen LogP contribution in [0.2, 0.25) is 0 Å². The highest BCUT2D eigenvalue weighted by atomic mass is 32.1. The van der Waals surface area contributed by atoms with E-state index in [1.54, 1.807) is 0 Å². The molecule has 0 unspecified atom stereocenters. The predicted octanol–water partition coefficient (Wildman–Crippen LogP) is 0.202. The van der Waals surface area contributed by atoms with Crippen molar-refractivity contribution in [2.24, 2.45) is 5.16 Å². The molecular formula is C7H8N4O2S. The Hall–Kier alpha value is -1.50. The first-order valence-corrected chi connectivity index (χ1v) is 4.85. The minimum Gasteiger partial charge on any atom is -0.392 e. The van der Waals surface area contributed by atoms with Crippen LogP contribution in [0, 0.1) is 0 Å². The largest absolute Gasteiger partial charge is 0.392 e. The van der Waals surface area contributed by atoms with Crippen LogP contribution in [-0.4, -0.2) is 27.5 Å². The van der Waals surface area contributed by atoms with Crippen molar-refractivity contribution in [1.29, 1.82) is 0 Å². The first-order valence-electron chi connectivity index (χ1n) is 4.08. The zero-order chi connectivity index (χ0) is 9.97. The van der Waals surface area contributed by atoms with Crippen molar-refractivity contribution in [2.45, 2.75) is 18.9 Å². The number of hydrogen-bond donors (Lipinski definition) is 1. The van der Waals surface area contributed by atoms with Crippen LogP contribution in [0.25, 0.3) is 0 Å². The lowest BCUT2D eigenvalue weighted by molar-refractivity contribution is -0.102. The highest BCUT2D eigenvalue weighted by Gasteiger charge is 2.24. The summed E-state index contributed by atoms with van der Waals surface area (Å²) in [5.41, 5.74) is 5.46. The van der Waals surface area contributed by atoms with E-state index in [0.717, 1.165) is 24.4 Å². The van der Waals surface area contributed by atoms with Crippen LogP contribution < -0.4 is 5.73 Å². The number of rotatable bonds is 4. The molecule has 1 saturated carbocycles. The fraction of sp³-hybridized carbons (Fsp3) is 0.429. The number of hydrogen-bond acceptors (Lipinski definition) is 7. The number of nitrogen functional groups attached to an aromatic ring is 1. The molecule has 1 fully saturated rings. The van der Waals surface area contributed by atoms with Crippen LogP contribution >= 0.6 is 11.5 Å². The van der Waals surface area contributed by atoms with Crippen LogP contribution in [0.15, 0.2) is 5.16 Å². The number of aromatic nitrogens is 2. The highest BCUT2D eigenvalue weighted by Crippen LogP contribution is 2.23. The summed E-state index contributed by atoms with van der Waals surface area (Å²) in [4.78, 5) is 19.5. The van der Waals surface area contributed by atoms with Crippen LogP contribution in [0.1, 0.15) is 18.7 Å². The maximum Gasteiger partial charge on any atom is 0.200 e. The number of carbonyl (C=O) groups is 1. The molecule has 1 aliphatic rings. The first kappa shape index (κ1) is 9.07. The highest BCUT2D eigenvalue weighted by molar-refractivity contribution is 7.09. The fourth-order valence-corrected chi connectivity index (χ4v) is 1.20. The molecule has 1 heterocycles. The van der Waals surface area contributed by atoms with Gasteiger partial charge in [0.25, 0.3) is 0 Å². The van der Waals surface area contributed by atoms with Gasteiger partial charge >= 0.3 is 0 Å². The summed E-state index contributed by atoms with van der Waals surface area (Å²) >= 11 is 1.02. The van der Waals surface area contributed by atoms with Crippen LogP contribution in [-0.2, 0) is 9.63 Å². The lowest BCUT2D eigenvalue weighted by atomic mass is 10.4. The Balaban J connectivity index is 2.10. The number of nitrogens with zero attached hydrogens (tertiary/aromatic N) is 3. The summed E-state index contributed by atoms with van der Waals surface area (Å²) in [7, 11) is 0. The molecule has 0 amide bonds.